The van der Waals surface area contributed by atoms with Crippen molar-refractivity contribution in [2.45, 2.75) is 45.6 Å². The minimum atomic E-state index is -1.09. The Morgan fingerprint density at radius 1 is 1.17 bits per heavy atom. The fourth-order valence-electron chi connectivity index (χ4n) is 1.05. The maximum Gasteiger partial charge on any atom is 0.0697 e. The maximum absolute atomic E-state index is 9.58. The summed E-state index contributed by atoms with van der Waals surface area (Å²) in [6, 6.07) is 0.968. The van der Waals surface area contributed by atoms with E-state index in [-0.39, 0.29) is 6.10 Å². The number of aliphatic hydroxyl groups is 1. The van der Waals surface area contributed by atoms with Gasteiger partial charge in [-0.15, -0.1) is 0 Å². The van der Waals surface area contributed by atoms with Gasteiger partial charge in [0.05, 0.1) is 6.10 Å². The third-order valence-corrected chi connectivity index (χ3v) is 3.18. The van der Waals surface area contributed by atoms with Gasteiger partial charge in [-0.2, -0.15) is 0 Å². The first-order chi connectivity index (χ1) is 5.31. The molecule has 0 aliphatic rings. The van der Waals surface area contributed by atoms with E-state index in [1.165, 1.54) is 0 Å². The Balaban J connectivity index is 3.82. The number of aliphatic hydroxyl groups excluding tert-OH is 1. The lowest BCUT2D eigenvalue weighted by Crippen LogP contribution is -2.25. The Hall–Kier alpha value is -0.0831. The predicted molar refractivity (Wildman–Crippen MR) is 58.1 cm³/mol. The molecule has 2 heteroatoms. The minimum Gasteiger partial charge on any atom is -0.389 e. The lowest BCUT2D eigenvalue weighted by molar-refractivity contribution is 0.241. The van der Waals surface area contributed by atoms with Crippen LogP contribution in [0.2, 0.25) is 25.7 Å². The van der Waals surface area contributed by atoms with E-state index in [2.05, 4.69) is 39.6 Å². The molecule has 0 aliphatic heterocycles. The van der Waals surface area contributed by atoms with Crippen molar-refractivity contribution in [2.24, 2.45) is 5.92 Å². The fourth-order valence-corrected chi connectivity index (χ4v) is 2.44. The zero-order chi connectivity index (χ0) is 9.78. The molecule has 0 fully saturated rings. The Bertz CT molecular complexity index is 144. The van der Waals surface area contributed by atoms with Gasteiger partial charge in [-0.3, -0.25) is 0 Å². The number of hydrogen-bond acceptors (Lipinski definition) is 1. The molecule has 0 spiro atoms. The van der Waals surface area contributed by atoms with Crippen LogP contribution in [0.1, 0.15) is 13.8 Å². The van der Waals surface area contributed by atoms with E-state index in [9.17, 15) is 5.11 Å². The first kappa shape index (κ1) is 11.9. The van der Waals surface area contributed by atoms with E-state index in [0.29, 0.717) is 5.92 Å². The van der Waals surface area contributed by atoms with Crippen LogP contribution in [0.4, 0.5) is 0 Å². The number of rotatable bonds is 4. The van der Waals surface area contributed by atoms with Gasteiger partial charge in [-0.25, -0.2) is 0 Å². The van der Waals surface area contributed by atoms with E-state index in [1.54, 1.807) is 0 Å². The van der Waals surface area contributed by atoms with Crippen LogP contribution in [-0.2, 0) is 0 Å². The van der Waals surface area contributed by atoms with Crippen molar-refractivity contribution >= 4 is 8.07 Å². The Kier molecular flexibility index (Phi) is 4.79. The molecule has 0 saturated carbocycles. The van der Waals surface area contributed by atoms with Crippen molar-refractivity contribution in [2.75, 3.05) is 0 Å². The molecular weight excluding hydrogens is 164 g/mol. The van der Waals surface area contributed by atoms with E-state index in [1.807, 2.05) is 6.08 Å². The van der Waals surface area contributed by atoms with Gasteiger partial charge in [0.1, 0.15) is 0 Å². The second-order valence-corrected chi connectivity index (χ2v) is 10.5. The molecule has 0 aliphatic carbocycles. The van der Waals surface area contributed by atoms with Crippen molar-refractivity contribution in [3.05, 3.63) is 12.2 Å². The maximum atomic E-state index is 9.58. The summed E-state index contributed by atoms with van der Waals surface area (Å²) in [6.45, 7) is 11.1. The van der Waals surface area contributed by atoms with Crippen LogP contribution in [0.5, 0.6) is 0 Å². The van der Waals surface area contributed by atoms with Crippen molar-refractivity contribution in [1.82, 2.24) is 0 Å². The minimum absolute atomic E-state index is 0.223. The third-order valence-electron chi connectivity index (χ3n) is 1.54. The van der Waals surface area contributed by atoms with Gasteiger partial charge in [-0.1, -0.05) is 45.6 Å². The molecule has 1 N–H and O–H groups in total. The molecule has 0 aromatic rings. The van der Waals surface area contributed by atoms with Crippen LogP contribution < -0.4 is 0 Å². The molecule has 0 rings (SSSR count). The lowest BCUT2D eigenvalue weighted by Gasteiger charge is -2.18. The molecule has 0 heterocycles. The van der Waals surface area contributed by atoms with Crippen LogP contribution in [0, 0.1) is 5.92 Å². The SMILES string of the molecule is CC(C)/C=C/C(O)C[Si](C)(C)C. The van der Waals surface area contributed by atoms with Crippen LogP contribution in [0.15, 0.2) is 12.2 Å². The van der Waals surface area contributed by atoms with Gasteiger partial charge >= 0.3 is 0 Å². The monoisotopic (exact) mass is 186 g/mol. The Morgan fingerprint density at radius 2 is 1.67 bits per heavy atom. The van der Waals surface area contributed by atoms with Crippen LogP contribution in [0.3, 0.4) is 0 Å². The van der Waals surface area contributed by atoms with Gasteiger partial charge in [0.2, 0.25) is 0 Å². The summed E-state index contributed by atoms with van der Waals surface area (Å²) in [5, 5.41) is 9.58. The van der Waals surface area contributed by atoms with Crippen LogP contribution in [0.25, 0.3) is 0 Å². The topological polar surface area (TPSA) is 20.2 Å². The second kappa shape index (κ2) is 4.82. The van der Waals surface area contributed by atoms with Gasteiger partial charge < -0.3 is 5.11 Å². The third kappa shape index (κ3) is 8.02. The summed E-state index contributed by atoms with van der Waals surface area (Å²) < 4.78 is 0. The molecule has 0 aromatic carbocycles. The quantitative estimate of drug-likeness (QED) is 0.529. The van der Waals surface area contributed by atoms with Crippen molar-refractivity contribution in [3.8, 4) is 0 Å². The Labute approximate surface area is 77.5 Å². The normalized spacial score (nSPS) is 15.9. The van der Waals surface area contributed by atoms with Crippen molar-refractivity contribution in [3.63, 3.8) is 0 Å². The van der Waals surface area contributed by atoms with Gasteiger partial charge in [0.25, 0.3) is 0 Å². The summed E-state index contributed by atoms with van der Waals surface area (Å²) in [4.78, 5) is 0. The highest BCUT2D eigenvalue weighted by Gasteiger charge is 2.16. The summed E-state index contributed by atoms with van der Waals surface area (Å²) in [7, 11) is -1.09. The predicted octanol–water partition coefficient (Wildman–Crippen LogP) is 2.90. The molecule has 1 unspecified atom stereocenters. The molecule has 1 atom stereocenters. The summed E-state index contributed by atoms with van der Waals surface area (Å²) in [5.41, 5.74) is 0. The summed E-state index contributed by atoms with van der Waals surface area (Å²) >= 11 is 0. The molecule has 72 valence electrons. The molecule has 0 saturated heterocycles. The average Bonchev–Trinajstić information content (AvgIpc) is 1.79. The van der Waals surface area contributed by atoms with Gasteiger partial charge in [0, 0.05) is 8.07 Å². The summed E-state index contributed by atoms with van der Waals surface area (Å²) in [5.74, 6) is 0.543. The first-order valence-corrected chi connectivity index (χ1v) is 8.38. The molecule has 12 heavy (non-hydrogen) atoms. The molecule has 0 aromatic heterocycles. The second-order valence-electron chi connectivity index (χ2n) is 4.96. The van der Waals surface area contributed by atoms with Crippen LogP contribution >= 0.6 is 0 Å². The highest BCUT2D eigenvalue weighted by molar-refractivity contribution is 6.76. The highest BCUT2D eigenvalue weighted by atomic mass is 28.3. The van der Waals surface area contributed by atoms with Crippen molar-refractivity contribution in [1.29, 1.82) is 0 Å². The Morgan fingerprint density at radius 3 is 2.00 bits per heavy atom. The number of hydrogen-bond donors (Lipinski definition) is 1. The zero-order valence-electron chi connectivity index (χ0n) is 8.96. The molecule has 0 radical (unpaired) electrons. The zero-order valence-corrected chi connectivity index (χ0v) is 9.96. The highest BCUT2D eigenvalue weighted by Crippen LogP contribution is 2.12. The van der Waals surface area contributed by atoms with Crippen molar-refractivity contribution < 1.29 is 5.11 Å². The lowest BCUT2D eigenvalue weighted by atomic mass is 10.2. The van der Waals surface area contributed by atoms with Gasteiger partial charge in [0.15, 0.2) is 0 Å². The standard InChI is InChI=1S/C10H22OSi/c1-9(2)6-7-10(11)8-12(3,4)5/h6-7,9-11H,8H2,1-5H3/b7-6+. The largest absolute Gasteiger partial charge is 0.389 e. The average molecular weight is 186 g/mol. The summed E-state index contributed by atoms with van der Waals surface area (Å²) in [6.07, 6.45) is 3.78. The molecule has 0 bridgehead atoms. The number of allylic oxidation sites excluding steroid dienone is 1. The molecule has 1 nitrogen and oxygen atoms in total. The van der Waals surface area contributed by atoms with E-state index >= 15 is 0 Å². The smallest absolute Gasteiger partial charge is 0.0697 e. The first-order valence-electron chi connectivity index (χ1n) is 4.67. The van der Waals surface area contributed by atoms with Gasteiger partial charge in [-0.05, 0) is 12.0 Å². The van der Waals surface area contributed by atoms with E-state index in [0.717, 1.165) is 6.04 Å². The molecule has 0 amide bonds. The van der Waals surface area contributed by atoms with E-state index in [4.69, 9.17) is 0 Å². The molecular formula is C10H22OSi. The fraction of sp³-hybridized carbons (Fsp3) is 0.800. The van der Waals surface area contributed by atoms with Crippen LogP contribution in [-0.4, -0.2) is 19.3 Å². The van der Waals surface area contributed by atoms with E-state index < -0.39 is 8.07 Å².